The van der Waals surface area contributed by atoms with Gasteiger partial charge in [0.1, 0.15) is 6.26 Å². The predicted octanol–water partition coefficient (Wildman–Crippen LogP) is 4.19. The van der Waals surface area contributed by atoms with Crippen LogP contribution < -0.4 is 29.6 Å². The first-order valence-corrected chi connectivity index (χ1v) is 12.4. The smallest absolute Gasteiger partial charge is 0.716 e. The van der Waals surface area contributed by atoms with Gasteiger partial charge in [-0.1, -0.05) is 115 Å². The standard InChI is InChI=1S/C22H42O4S.Na/c1-2-3-4-5-6-7-8-9-10-11-12-13-14-15-16-17-18-19-20-21-22-26-27(23,24)25;/h19-22H,2-18H2,1H3,(H,23,24,25);/q;+1/p-1. The molecule has 0 atom stereocenters. The van der Waals surface area contributed by atoms with Crippen LogP contribution in [0.25, 0.3) is 0 Å². The number of allylic oxidation sites excluding steroid dienone is 3. The molecule has 0 aliphatic rings. The molecule has 0 saturated carbocycles. The maximum absolute atomic E-state index is 10.2. The molecular weight excluding hydrogens is 383 g/mol. The fourth-order valence-electron chi connectivity index (χ4n) is 3.13. The van der Waals surface area contributed by atoms with Crippen LogP contribution in [0.4, 0.5) is 0 Å². The minimum absolute atomic E-state index is 0. The Morgan fingerprint density at radius 2 is 1.07 bits per heavy atom. The summed E-state index contributed by atoms with van der Waals surface area (Å²) >= 11 is 0. The maximum Gasteiger partial charge on any atom is 1.00 e. The van der Waals surface area contributed by atoms with E-state index in [0.29, 0.717) is 0 Å². The summed E-state index contributed by atoms with van der Waals surface area (Å²) < 4.78 is 34.5. The van der Waals surface area contributed by atoms with Gasteiger partial charge in [-0.15, -0.1) is 0 Å². The van der Waals surface area contributed by atoms with Crippen molar-refractivity contribution in [3.8, 4) is 0 Å². The second-order valence-corrected chi connectivity index (χ2v) is 8.36. The van der Waals surface area contributed by atoms with E-state index >= 15 is 0 Å². The van der Waals surface area contributed by atoms with Crippen molar-refractivity contribution in [1.82, 2.24) is 0 Å². The number of unbranched alkanes of at least 4 members (excludes halogenated alkanes) is 16. The van der Waals surface area contributed by atoms with E-state index in [1.807, 2.05) is 6.08 Å². The topological polar surface area (TPSA) is 66.4 Å². The third kappa shape index (κ3) is 28.4. The minimum atomic E-state index is -4.62. The van der Waals surface area contributed by atoms with E-state index in [-0.39, 0.29) is 29.6 Å². The second-order valence-electron chi connectivity index (χ2n) is 7.35. The van der Waals surface area contributed by atoms with Gasteiger partial charge in [-0.2, -0.15) is 0 Å². The number of hydrogen-bond acceptors (Lipinski definition) is 4. The van der Waals surface area contributed by atoms with Crippen molar-refractivity contribution in [3.05, 3.63) is 24.5 Å². The van der Waals surface area contributed by atoms with Crippen LogP contribution >= 0.6 is 0 Å². The molecule has 0 bridgehead atoms. The van der Waals surface area contributed by atoms with Gasteiger partial charge in [0.25, 0.3) is 10.4 Å². The Labute approximate surface area is 196 Å². The third-order valence-electron chi connectivity index (χ3n) is 4.72. The summed E-state index contributed by atoms with van der Waals surface area (Å²) in [5.74, 6) is 0. The van der Waals surface area contributed by atoms with Crippen LogP contribution in [-0.4, -0.2) is 13.0 Å². The van der Waals surface area contributed by atoms with Crippen molar-refractivity contribution in [2.24, 2.45) is 0 Å². The van der Waals surface area contributed by atoms with E-state index in [4.69, 9.17) is 0 Å². The number of hydrogen-bond donors (Lipinski definition) is 0. The Bertz CT molecular complexity index is 461. The first-order valence-electron chi connectivity index (χ1n) is 11.0. The van der Waals surface area contributed by atoms with E-state index in [1.54, 1.807) is 6.08 Å². The van der Waals surface area contributed by atoms with Gasteiger partial charge in [0, 0.05) is 0 Å². The molecule has 0 aliphatic carbocycles. The predicted molar refractivity (Wildman–Crippen MR) is 113 cm³/mol. The Balaban J connectivity index is 0. The number of rotatable bonds is 20. The molecule has 0 aromatic rings. The molecule has 0 heterocycles. The molecule has 0 amide bonds. The molecule has 0 unspecified atom stereocenters. The molecule has 0 aromatic heterocycles. The van der Waals surface area contributed by atoms with Crippen LogP contribution in [0.2, 0.25) is 0 Å². The molecule has 4 nitrogen and oxygen atoms in total. The molecule has 0 fully saturated rings. The summed E-state index contributed by atoms with van der Waals surface area (Å²) in [5, 5.41) is 0. The summed E-state index contributed by atoms with van der Waals surface area (Å²) in [6.45, 7) is 2.27. The van der Waals surface area contributed by atoms with Gasteiger partial charge < -0.3 is 8.74 Å². The minimum Gasteiger partial charge on any atom is -0.716 e. The van der Waals surface area contributed by atoms with Crippen LogP contribution in [0.5, 0.6) is 0 Å². The van der Waals surface area contributed by atoms with E-state index in [1.165, 1.54) is 102 Å². The Hall–Kier alpha value is 0.190. The summed E-state index contributed by atoms with van der Waals surface area (Å²) in [6.07, 6.45) is 28.8. The van der Waals surface area contributed by atoms with Crippen LogP contribution in [0.3, 0.4) is 0 Å². The average molecular weight is 425 g/mol. The normalized spacial score (nSPS) is 11.9. The maximum atomic E-state index is 10.2. The van der Waals surface area contributed by atoms with E-state index in [9.17, 15) is 13.0 Å². The van der Waals surface area contributed by atoms with Crippen LogP contribution in [0.15, 0.2) is 24.5 Å². The Kier molecular flexibility index (Phi) is 25.5. The zero-order valence-corrected chi connectivity index (χ0v) is 21.2. The second kappa shape index (κ2) is 23.5. The first kappa shape index (κ1) is 30.4. The van der Waals surface area contributed by atoms with Crippen LogP contribution in [0, 0.1) is 0 Å². The first-order chi connectivity index (χ1) is 13.1. The molecule has 0 rings (SSSR count). The van der Waals surface area contributed by atoms with Gasteiger partial charge >= 0.3 is 29.6 Å². The molecule has 0 spiro atoms. The molecule has 28 heavy (non-hydrogen) atoms. The molecule has 0 saturated heterocycles. The Morgan fingerprint density at radius 3 is 1.46 bits per heavy atom. The van der Waals surface area contributed by atoms with Crippen molar-refractivity contribution in [2.75, 3.05) is 0 Å². The third-order valence-corrected chi connectivity index (χ3v) is 5.07. The molecule has 0 aromatic carbocycles. The van der Waals surface area contributed by atoms with Crippen LogP contribution in [0.1, 0.15) is 116 Å². The molecule has 6 heteroatoms. The molecule has 0 aliphatic heterocycles. The van der Waals surface area contributed by atoms with Gasteiger partial charge in [-0.05, 0) is 18.9 Å². The quantitative estimate of drug-likeness (QED) is 0.0734. The molecular formula is C22H41NaO4S. The van der Waals surface area contributed by atoms with E-state index in [0.717, 1.165) is 19.1 Å². The summed E-state index contributed by atoms with van der Waals surface area (Å²) in [7, 11) is -4.62. The van der Waals surface area contributed by atoms with Gasteiger partial charge in [-0.3, -0.25) is 0 Å². The van der Waals surface area contributed by atoms with Gasteiger partial charge in [0.05, 0.1) is 0 Å². The molecule has 160 valence electrons. The monoisotopic (exact) mass is 424 g/mol. The average Bonchev–Trinajstić information content (AvgIpc) is 2.62. The van der Waals surface area contributed by atoms with E-state index in [2.05, 4.69) is 11.1 Å². The summed E-state index contributed by atoms with van der Waals surface area (Å²) in [4.78, 5) is 0. The molecule has 0 N–H and O–H groups in total. The zero-order valence-electron chi connectivity index (χ0n) is 18.4. The Morgan fingerprint density at radius 1 is 0.679 bits per heavy atom. The van der Waals surface area contributed by atoms with Gasteiger partial charge in [-0.25, -0.2) is 8.42 Å². The van der Waals surface area contributed by atoms with Gasteiger partial charge in [0.15, 0.2) is 0 Å². The van der Waals surface area contributed by atoms with Crippen molar-refractivity contribution in [2.45, 2.75) is 116 Å². The largest absolute Gasteiger partial charge is 1.00 e. The van der Waals surface area contributed by atoms with Crippen molar-refractivity contribution >= 4 is 10.4 Å². The van der Waals surface area contributed by atoms with E-state index < -0.39 is 10.4 Å². The van der Waals surface area contributed by atoms with Crippen molar-refractivity contribution < 1.29 is 46.7 Å². The van der Waals surface area contributed by atoms with Crippen molar-refractivity contribution in [1.29, 1.82) is 0 Å². The fourth-order valence-corrected chi connectivity index (χ4v) is 3.33. The fraction of sp³-hybridized carbons (Fsp3) is 0.818. The zero-order chi connectivity index (χ0) is 20.1. The summed E-state index contributed by atoms with van der Waals surface area (Å²) in [5.41, 5.74) is 0. The van der Waals surface area contributed by atoms with Crippen molar-refractivity contribution in [3.63, 3.8) is 0 Å². The van der Waals surface area contributed by atoms with Gasteiger partial charge in [0.2, 0.25) is 0 Å². The SMILES string of the molecule is CCCCCCCCCCCCCCCCCCC=CC=COS(=O)(=O)[O-].[Na+]. The summed E-state index contributed by atoms with van der Waals surface area (Å²) in [6, 6.07) is 0. The van der Waals surface area contributed by atoms with Crippen LogP contribution in [-0.2, 0) is 14.6 Å². The molecule has 0 radical (unpaired) electrons.